The van der Waals surface area contributed by atoms with Crippen LogP contribution in [0.4, 0.5) is 0 Å². The summed E-state index contributed by atoms with van der Waals surface area (Å²) in [7, 11) is 0. The van der Waals surface area contributed by atoms with E-state index in [1.807, 2.05) is 98.8 Å². The predicted octanol–water partition coefficient (Wildman–Crippen LogP) is 9.13. The molecular weight excluding hydrogens is 570 g/mol. The Hall–Kier alpha value is -4.45. The zero-order chi connectivity index (χ0) is 32.6. The fourth-order valence-corrected chi connectivity index (χ4v) is 3.49. The van der Waals surface area contributed by atoms with Gasteiger partial charge in [-0.25, -0.2) is 4.79 Å². The molecule has 0 radical (unpaired) electrons. The molecule has 0 aromatic heterocycles. The number of hydrogen-bond donors (Lipinski definition) is 1. The third-order valence-electron chi connectivity index (χ3n) is 6.03. The van der Waals surface area contributed by atoms with Gasteiger partial charge in [0.15, 0.2) is 0 Å². The van der Waals surface area contributed by atoms with Crippen molar-refractivity contribution in [2.75, 3.05) is 19.6 Å². The minimum atomic E-state index is -0.450. The lowest BCUT2D eigenvalue weighted by Crippen LogP contribution is -2.21. The lowest BCUT2D eigenvalue weighted by Gasteiger charge is -2.13. The van der Waals surface area contributed by atoms with Crippen LogP contribution in [0.1, 0.15) is 43.0 Å². The maximum atomic E-state index is 11.6. The number of phenols is 1. The van der Waals surface area contributed by atoms with Crippen LogP contribution in [0.3, 0.4) is 0 Å². The minimum Gasteiger partial charge on any atom is -0.508 e. The molecule has 0 bridgehead atoms. The molecule has 44 heavy (non-hydrogen) atoms. The van der Waals surface area contributed by atoms with E-state index in [-0.39, 0.29) is 5.97 Å². The maximum Gasteiger partial charge on any atom is 0.336 e. The van der Waals surface area contributed by atoms with Gasteiger partial charge in [-0.2, -0.15) is 0 Å². The molecule has 6 heteroatoms. The van der Waals surface area contributed by atoms with Gasteiger partial charge in [-0.05, 0) is 92.6 Å². The van der Waals surface area contributed by atoms with Crippen molar-refractivity contribution in [1.82, 2.24) is 4.90 Å². The van der Waals surface area contributed by atoms with Crippen molar-refractivity contribution in [3.63, 3.8) is 0 Å². The Bertz CT molecular complexity index is 1350. The fourth-order valence-electron chi connectivity index (χ4n) is 3.43. The highest BCUT2D eigenvalue weighted by Crippen LogP contribution is 2.12. The molecule has 0 aliphatic carbocycles. The molecule has 0 amide bonds. The van der Waals surface area contributed by atoms with E-state index in [0.717, 1.165) is 16.7 Å². The highest BCUT2D eigenvalue weighted by Gasteiger charge is 1.99. The fraction of sp³-hybridized carbons (Fsp3) is 0.211. The highest BCUT2D eigenvalue weighted by molar-refractivity contribution is 6.66. The molecule has 0 saturated heterocycles. The summed E-state index contributed by atoms with van der Waals surface area (Å²) < 4.78 is 5.17. The van der Waals surface area contributed by atoms with Crippen LogP contribution in [0, 0.1) is 13.8 Å². The van der Waals surface area contributed by atoms with Gasteiger partial charge in [0.05, 0.1) is 0 Å². The van der Waals surface area contributed by atoms with Gasteiger partial charge in [0.2, 0.25) is 5.24 Å². The van der Waals surface area contributed by atoms with Gasteiger partial charge in [-0.3, -0.25) is 4.79 Å². The first-order valence-electron chi connectivity index (χ1n) is 14.6. The van der Waals surface area contributed by atoms with Gasteiger partial charge in [-0.15, -0.1) is 0 Å². The van der Waals surface area contributed by atoms with Crippen LogP contribution in [0.15, 0.2) is 121 Å². The number of esters is 1. The Morgan fingerprint density at radius 1 is 0.659 bits per heavy atom. The SMILES string of the molecule is CCN(CC)CC.Cc1ccc(O)cc1.Cc1ccc(OC(=O)/C=C/c2ccccc2)cc1.O=C(Cl)/C=C/c1ccccc1. The molecule has 0 unspecified atom stereocenters. The number of rotatable bonds is 8. The predicted molar refractivity (Wildman–Crippen MR) is 185 cm³/mol. The number of phenolic OH excluding ortho intramolecular Hbond substituents is 1. The van der Waals surface area contributed by atoms with E-state index in [0.29, 0.717) is 11.5 Å². The Morgan fingerprint density at radius 2 is 1.07 bits per heavy atom. The molecule has 5 nitrogen and oxygen atoms in total. The summed E-state index contributed by atoms with van der Waals surface area (Å²) in [5.74, 6) is 0.515. The molecular formula is C38H44ClNO4. The van der Waals surface area contributed by atoms with Gasteiger partial charge in [-0.1, -0.05) is 123 Å². The summed E-state index contributed by atoms with van der Waals surface area (Å²) >= 11 is 5.10. The Kier molecular flexibility index (Phi) is 19.7. The lowest BCUT2D eigenvalue weighted by molar-refractivity contribution is -0.128. The topological polar surface area (TPSA) is 66.8 Å². The summed E-state index contributed by atoms with van der Waals surface area (Å²) in [4.78, 5) is 24.2. The Balaban J connectivity index is 0.000000319. The molecule has 0 aliphatic rings. The first-order chi connectivity index (χ1) is 21.2. The molecule has 4 aromatic rings. The van der Waals surface area contributed by atoms with Crippen molar-refractivity contribution in [2.45, 2.75) is 34.6 Å². The number of allylic oxidation sites excluding steroid dienone is 1. The van der Waals surface area contributed by atoms with Gasteiger partial charge in [0.25, 0.3) is 0 Å². The zero-order valence-electron chi connectivity index (χ0n) is 26.3. The molecule has 1 N–H and O–H groups in total. The molecule has 232 valence electrons. The molecule has 0 spiro atoms. The van der Waals surface area contributed by atoms with Crippen LogP contribution in [0.5, 0.6) is 11.5 Å². The number of carbonyl (C=O) groups is 2. The van der Waals surface area contributed by atoms with Crippen LogP contribution in [0.2, 0.25) is 0 Å². The summed E-state index contributed by atoms with van der Waals surface area (Å²) in [6.45, 7) is 14.1. The van der Waals surface area contributed by atoms with Crippen molar-refractivity contribution in [3.05, 3.63) is 144 Å². The van der Waals surface area contributed by atoms with E-state index in [4.69, 9.17) is 21.4 Å². The monoisotopic (exact) mass is 613 g/mol. The van der Waals surface area contributed by atoms with Crippen LogP contribution in [-0.2, 0) is 9.59 Å². The minimum absolute atomic E-state index is 0.329. The van der Waals surface area contributed by atoms with E-state index in [9.17, 15) is 9.59 Å². The second-order valence-electron chi connectivity index (χ2n) is 9.48. The van der Waals surface area contributed by atoms with E-state index in [1.165, 1.54) is 37.3 Å². The third-order valence-corrected chi connectivity index (χ3v) is 6.16. The van der Waals surface area contributed by atoms with Crippen molar-refractivity contribution in [3.8, 4) is 11.5 Å². The van der Waals surface area contributed by atoms with E-state index in [1.54, 1.807) is 36.4 Å². The Labute approximate surface area is 268 Å². The van der Waals surface area contributed by atoms with Gasteiger partial charge in [0, 0.05) is 6.08 Å². The van der Waals surface area contributed by atoms with Gasteiger partial charge in [0.1, 0.15) is 11.5 Å². The average molecular weight is 614 g/mol. The molecule has 4 aromatic carbocycles. The van der Waals surface area contributed by atoms with E-state index in [2.05, 4.69) is 25.7 Å². The molecule has 0 aliphatic heterocycles. The van der Waals surface area contributed by atoms with E-state index >= 15 is 0 Å². The van der Waals surface area contributed by atoms with Crippen molar-refractivity contribution in [1.29, 1.82) is 0 Å². The van der Waals surface area contributed by atoms with Crippen LogP contribution in [0.25, 0.3) is 12.2 Å². The molecule has 0 saturated carbocycles. The van der Waals surface area contributed by atoms with Crippen LogP contribution >= 0.6 is 11.6 Å². The first-order valence-corrected chi connectivity index (χ1v) is 15.0. The lowest BCUT2D eigenvalue weighted by atomic mass is 10.2. The second-order valence-corrected chi connectivity index (χ2v) is 9.85. The largest absolute Gasteiger partial charge is 0.508 e. The number of hydrogen-bond acceptors (Lipinski definition) is 5. The van der Waals surface area contributed by atoms with Crippen LogP contribution in [-0.4, -0.2) is 40.9 Å². The number of halogens is 1. The smallest absolute Gasteiger partial charge is 0.336 e. The quantitative estimate of drug-likeness (QED) is 0.0929. The number of aromatic hydroxyl groups is 1. The average Bonchev–Trinajstić information content (AvgIpc) is 3.04. The maximum absolute atomic E-state index is 11.6. The summed E-state index contributed by atoms with van der Waals surface area (Å²) in [5.41, 5.74) is 4.25. The van der Waals surface area contributed by atoms with Gasteiger partial charge < -0.3 is 14.7 Å². The van der Waals surface area contributed by atoms with Crippen molar-refractivity contribution >= 4 is 35.0 Å². The second kappa shape index (κ2) is 23.1. The molecule has 0 fully saturated rings. The summed E-state index contributed by atoms with van der Waals surface area (Å²) in [6, 6.07) is 33.6. The molecule has 0 atom stereocenters. The van der Waals surface area contributed by atoms with Gasteiger partial charge >= 0.3 is 5.97 Å². The van der Waals surface area contributed by atoms with Crippen LogP contribution < -0.4 is 4.74 Å². The number of benzene rings is 4. The van der Waals surface area contributed by atoms with E-state index < -0.39 is 5.24 Å². The number of carbonyl (C=O) groups excluding carboxylic acids is 2. The third kappa shape index (κ3) is 18.9. The number of ether oxygens (including phenoxy) is 1. The normalized spacial score (nSPS) is 10.2. The Morgan fingerprint density at radius 3 is 1.43 bits per heavy atom. The first kappa shape index (κ1) is 37.6. The molecule has 4 rings (SSSR count). The molecule has 0 heterocycles. The van der Waals surface area contributed by atoms with Crippen molar-refractivity contribution in [2.24, 2.45) is 0 Å². The standard InChI is InChI=1S/C16H14O2.C9H7ClO.C7H8O.C6H15N/c1-13-7-10-15(11-8-13)18-16(17)12-9-14-5-3-2-4-6-14;10-9(11)7-6-8-4-2-1-3-5-8;1-6-2-4-7(8)5-3-6;1-4-7(5-2)6-3/h2-12H,1H3;1-7H;2-5,8H,1H3;4-6H2,1-3H3/b12-9+;7-6+;;. The zero-order valence-corrected chi connectivity index (χ0v) is 27.1. The summed E-state index contributed by atoms with van der Waals surface area (Å²) in [5, 5.41) is 8.31. The number of nitrogens with zero attached hydrogens (tertiary/aromatic N) is 1. The number of aryl methyl sites for hydroxylation is 2. The van der Waals surface area contributed by atoms with Crippen molar-refractivity contribution < 1.29 is 19.4 Å². The highest BCUT2D eigenvalue weighted by atomic mass is 35.5. The summed E-state index contributed by atoms with van der Waals surface area (Å²) in [6.07, 6.45) is 6.16.